The second kappa shape index (κ2) is 5.83. The predicted molar refractivity (Wildman–Crippen MR) is 28.0 cm³/mol. The van der Waals surface area contributed by atoms with E-state index in [4.69, 9.17) is 10.4 Å². The molecule has 0 aromatic rings. The van der Waals surface area contributed by atoms with Crippen molar-refractivity contribution in [1.29, 1.82) is 5.26 Å². The quantitative estimate of drug-likeness (QED) is 0.124. The van der Waals surface area contributed by atoms with Crippen LogP contribution in [0.25, 0.3) is 0 Å². The molecule has 0 rings (SSSR count). The van der Waals surface area contributed by atoms with Crippen LogP contribution in [0.4, 0.5) is 0 Å². The molecule has 0 aliphatic carbocycles. The Bertz CT molecular complexity index is 168. The van der Waals surface area contributed by atoms with E-state index in [2.05, 4.69) is 0 Å². The van der Waals surface area contributed by atoms with E-state index in [1.807, 2.05) is 0 Å². The van der Waals surface area contributed by atoms with Gasteiger partial charge in [-0.2, -0.15) is 5.26 Å². The van der Waals surface area contributed by atoms with Crippen molar-refractivity contribution in [2.75, 3.05) is 0 Å². The van der Waals surface area contributed by atoms with Gasteiger partial charge < -0.3 is 5.11 Å². The number of nitrogens with zero attached hydrogens (tertiary/aromatic N) is 1. The molecular weight excluding hydrogens is 129 g/mol. The molecule has 0 saturated carbocycles. The van der Waals surface area contributed by atoms with E-state index in [0.29, 0.717) is 0 Å². The molecule has 0 fully saturated rings. The minimum atomic E-state index is -0.383. The molecule has 9 heavy (non-hydrogen) atoms. The summed E-state index contributed by atoms with van der Waals surface area (Å²) in [6.45, 7) is 1.25. The van der Waals surface area contributed by atoms with Crippen LogP contribution in [0.1, 0.15) is 6.92 Å². The first-order chi connectivity index (χ1) is 3.68. The van der Waals surface area contributed by atoms with Crippen molar-refractivity contribution in [2.24, 2.45) is 0 Å². The first kappa shape index (κ1) is 11.5. The van der Waals surface area contributed by atoms with Crippen LogP contribution in [0.15, 0.2) is 11.8 Å². The average molecular weight is 135 g/mol. The first-order valence-corrected chi connectivity index (χ1v) is 2.01. The predicted octanol–water partition coefficient (Wildman–Crippen LogP) is -3.29. The van der Waals surface area contributed by atoms with Gasteiger partial charge in [-0.1, -0.05) is 0 Å². The van der Waals surface area contributed by atoms with Gasteiger partial charge in [-0.05, 0) is 0 Å². The number of carbonyl (C=O) groups excluding carboxylic acids is 1. The van der Waals surface area contributed by atoms with Crippen molar-refractivity contribution < 1.29 is 39.5 Å². The summed E-state index contributed by atoms with van der Waals surface area (Å²) >= 11 is 0. The van der Waals surface area contributed by atoms with Gasteiger partial charge in [-0.3, -0.25) is 4.79 Å². The van der Waals surface area contributed by atoms with Crippen LogP contribution in [0.2, 0.25) is 0 Å². The van der Waals surface area contributed by atoms with Crippen molar-refractivity contribution in [1.82, 2.24) is 0 Å². The van der Waals surface area contributed by atoms with E-state index in [0.717, 1.165) is 6.08 Å². The number of carbonyl (C=O) groups is 1. The van der Waals surface area contributed by atoms with Crippen LogP contribution in [-0.2, 0) is 4.79 Å². The third-order valence-electron chi connectivity index (χ3n) is 0.588. The second-order valence-corrected chi connectivity index (χ2v) is 1.24. The maximum absolute atomic E-state index is 10.1. The molecule has 0 atom stereocenters. The smallest absolute Gasteiger partial charge is 0.590 e. The molecule has 0 radical (unpaired) electrons. The van der Waals surface area contributed by atoms with Gasteiger partial charge in [0, 0.05) is 6.92 Å². The Morgan fingerprint density at radius 1 is 1.78 bits per heavy atom. The van der Waals surface area contributed by atoms with Gasteiger partial charge in [-0.15, -0.1) is 0 Å². The summed E-state index contributed by atoms with van der Waals surface area (Å²) in [6.07, 6.45) is 0.905. The molecule has 3 nitrogen and oxygen atoms in total. The van der Waals surface area contributed by atoms with Gasteiger partial charge in [0.05, 0.1) is 0 Å². The fraction of sp³-hybridized carbons (Fsp3) is 0.200. The Kier molecular flexibility index (Phi) is 7.44. The third-order valence-corrected chi connectivity index (χ3v) is 0.588. The zero-order valence-electron chi connectivity index (χ0n) is 5.43. The van der Waals surface area contributed by atoms with Gasteiger partial charge in [0.25, 0.3) is 0 Å². The van der Waals surface area contributed by atoms with Crippen molar-refractivity contribution in [3.63, 3.8) is 0 Å². The van der Waals surface area contributed by atoms with Crippen molar-refractivity contribution >= 4 is 5.78 Å². The SMILES string of the molecule is CC(=O)/C([OH2+])=C\C#N.[Na+]. The van der Waals surface area contributed by atoms with Crippen LogP contribution in [0.5, 0.6) is 0 Å². The van der Waals surface area contributed by atoms with E-state index >= 15 is 0 Å². The van der Waals surface area contributed by atoms with E-state index in [1.54, 1.807) is 6.07 Å². The largest absolute Gasteiger partial charge is 1.00 e. The van der Waals surface area contributed by atoms with Crippen LogP contribution in [0, 0.1) is 11.3 Å². The molecular formula is C5H6NNaO2+2. The molecule has 0 aliphatic rings. The molecule has 0 aliphatic heterocycles. The van der Waals surface area contributed by atoms with E-state index in [9.17, 15) is 4.79 Å². The summed E-state index contributed by atoms with van der Waals surface area (Å²) in [4.78, 5) is 10.1. The zero-order chi connectivity index (χ0) is 6.57. The molecule has 42 valence electrons. The fourth-order valence-electron chi connectivity index (χ4n) is 0.166. The standard InChI is InChI=1S/C5H5NO2.Na/c1-4(7)5(8)2-3-6;/h2,8H,1H3;/q;+1/p+1/b5-2+;. The van der Waals surface area contributed by atoms with E-state index in [-0.39, 0.29) is 41.1 Å². The molecule has 0 amide bonds. The minimum Gasteiger partial charge on any atom is -0.590 e. The Morgan fingerprint density at radius 3 is 2.33 bits per heavy atom. The first-order valence-electron chi connectivity index (χ1n) is 2.01. The maximum atomic E-state index is 10.1. The summed E-state index contributed by atoms with van der Waals surface area (Å²) in [6, 6.07) is 1.58. The monoisotopic (exact) mass is 135 g/mol. The molecule has 0 spiro atoms. The Hall–Kier alpha value is -0.300. The normalized spacial score (nSPS) is 9.11. The number of hydrogen-bond acceptors (Lipinski definition) is 2. The second-order valence-electron chi connectivity index (χ2n) is 1.24. The molecule has 0 heterocycles. The third kappa shape index (κ3) is 5.57. The van der Waals surface area contributed by atoms with Gasteiger partial charge in [-0.25, -0.2) is 0 Å². The number of rotatable bonds is 1. The summed E-state index contributed by atoms with van der Waals surface area (Å²) in [5, 5.41) is 14.6. The van der Waals surface area contributed by atoms with Crippen LogP contribution in [-0.4, -0.2) is 10.9 Å². The summed E-state index contributed by atoms with van der Waals surface area (Å²) in [7, 11) is 0. The van der Waals surface area contributed by atoms with Gasteiger partial charge in [0.15, 0.2) is 0 Å². The van der Waals surface area contributed by atoms with Crippen molar-refractivity contribution in [2.45, 2.75) is 6.92 Å². The van der Waals surface area contributed by atoms with Crippen LogP contribution >= 0.6 is 0 Å². The Morgan fingerprint density at radius 2 is 2.22 bits per heavy atom. The topological polar surface area (TPSA) is 63.8 Å². The zero-order valence-corrected chi connectivity index (χ0v) is 7.43. The Labute approximate surface area is 75.3 Å². The summed E-state index contributed by atoms with van der Waals surface area (Å²) in [5.41, 5.74) is 0. The van der Waals surface area contributed by atoms with E-state index < -0.39 is 0 Å². The summed E-state index contributed by atoms with van der Waals surface area (Å²) < 4.78 is 0. The summed E-state index contributed by atoms with van der Waals surface area (Å²) in [5.74, 6) is -0.626. The van der Waals surface area contributed by atoms with Crippen LogP contribution in [0.3, 0.4) is 0 Å². The van der Waals surface area contributed by atoms with E-state index in [1.165, 1.54) is 6.92 Å². The molecule has 0 bridgehead atoms. The molecule has 0 aromatic carbocycles. The average Bonchev–Trinajstić information content (AvgIpc) is 1.67. The van der Waals surface area contributed by atoms with Crippen molar-refractivity contribution in [3.05, 3.63) is 11.8 Å². The van der Waals surface area contributed by atoms with Gasteiger partial charge in [0.1, 0.15) is 12.1 Å². The minimum absolute atomic E-state index is 0. The van der Waals surface area contributed by atoms with Gasteiger partial charge >= 0.3 is 35.3 Å². The molecule has 0 unspecified atom stereocenters. The number of nitriles is 1. The molecule has 0 saturated heterocycles. The number of allylic oxidation sites excluding steroid dienone is 2. The van der Waals surface area contributed by atoms with Gasteiger partial charge in [0.2, 0.25) is 5.78 Å². The Balaban J connectivity index is 0. The molecule has 4 heteroatoms. The van der Waals surface area contributed by atoms with Crippen LogP contribution < -0.4 is 29.6 Å². The molecule has 0 aromatic heterocycles. The van der Waals surface area contributed by atoms with Crippen molar-refractivity contribution in [3.8, 4) is 6.07 Å². The maximum Gasteiger partial charge on any atom is 1.00 e. The number of hydrogen-bond donors (Lipinski definition) is 0. The fourth-order valence-corrected chi connectivity index (χ4v) is 0.166. The molecule has 2 N–H and O–H groups in total. The number of ketones is 1. The number of Topliss-reactive ketones (excluding diaryl/α,β-unsaturated/α-hetero) is 1.